The number of hydrogen-bond acceptors (Lipinski definition) is 2. The minimum atomic E-state index is 0.343. The van der Waals surface area contributed by atoms with Crippen molar-refractivity contribution in [2.24, 2.45) is 0 Å². The van der Waals surface area contributed by atoms with E-state index in [0.29, 0.717) is 12.1 Å². The number of para-hydroxylation sites is 2. The van der Waals surface area contributed by atoms with Gasteiger partial charge in [0.1, 0.15) is 0 Å². The Labute approximate surface area is 118 Å². The molecule has 0 saturated heterocycles. The zero-order valence-corrected chi connectivity index (χ0v) is 11.5. The van der Waals surface area contributed by atoms with Crippen LogP contribution in [0.3, 0.4) is 0 Å². The molecule has 3 aromatic rings. The normalized spacial score (nSPS) is 21.4. The van der Waals surface area contributed by atoms with Crippen molar-refractivity contribution in [3.8, 4) is 0 Å². The van der Waals surface area contributed by atoms with E-state index < -0.39 is 0 Å². The Morgan fingerprint density at radius 1 is 1.05 bits per heavy atom. The first-order chi connectivity index (χ1) is 9.83. The predicted octanol–water partition coefficient (Wildman–Crippen LogP) is 4.15. The average molecular weight is 263 g/mol. The number of imidazole rings is 1. The highest BCUT2D eigenvalue weighted by molar-refractivity contribution is 5.79. The Morgan fingerprint density at radius 3 is 2.65 bits per heavy atom. The highest BCUT2D eigenvalue weighted by atomic mass is 15.3. The lowest BCUT2D eigenvalue weighted by atomic mass is 9.98. The van der Waals surface area contributed by atoms with Crippen molar-refractivity contribution in [2.75, 3.05) is 5.32 Å². The fraction of sp³-hybridized carbons (Fsp3) is 0.235. The smallest absolute Gasteiger partial charge is 0.204 e. The van der Waals surface area contributed by atoms with Crippen molar-refractivity contribution in [1.29, 1.82) is 0 Å². The number of aromatic nitrogens is 2. The minimum Gasteiger partial charge on any atom is -0.349 e. The molecule has 2 heterocycles. The lowest BCUT2D eigenvalue weighted by Gasteiger charge is -2.31. The van der Waals surface area contributed by atoms with E-state index in [1.807, 2.05) is 6.07 Å². The summed E-state index contributed by atoms with van der Waals surface area (Å²) in [6.07, 6.45) is 1.08. The molecule has 100 valence electrons. The Balaban J connectivity index is 1.80. The molecule has 2 aromatic carbocycles. The summed E-state index contributed by atoms with van der Waals surface area (Å²) in [5.74, 6) is 0.985. The Morgan fingerprint density at radius 2 is 1.80 bits per heavy atom. The fourth-order valence-corrected chi connectivity index (χ4v) is 3.16. The Bertz CT molecular complexity index is 745. The Kier molecular flexibility index (Phi) is 2.52. The fourth-order valence-electron chi connectivity index (χ4n) is 3.16. The summed E-state index contributed by atoms with van der Waals surface area (Å²) in [5, 5.41) is 3.58. The summed E-state index contributed by atoms with van der Waals surface area (Å²) >= 11 is 0. The SMILES string of the molecule is C[C@H]1C[C@@H](c2ccccc2)Nc2nc3ccccc3n21. The molecule has 1 N–H and O–H groups in total. The van der Waals surface area contributed by atoms with Crippen LogP contribution in [0.15, 0.2) is 54.6 Å². The Hall–Kier alpha value is -2.29. The highest BCUT2D eigenvalue weighted by Crippen LogP contribution is 2.37. The summed E-state index contributed by atoms with van der Waals surface area (Å²) in [6.45, 7) is 2.27. The van der Waals surface area contributed by atoms with Crippen LogP contribution in [0.5, 0.6) is 0 Å². The van der Waals surface area contributed by atoms with Gasteiger partial charge in [0.25, 0.3) is 0 Å². The van der Waals surface area contributed by atoms with E-state index in [4.69, 9.17) is 4.98 Å². The molecular weight excluding hydrogens is 246 g/mol. The quantitative estimate of drug-likeness (QED) is 0.714. The van der Waals surface area contributed by atoms with E-state index in [2.05, 4.69) is 65.3 Å². The molecule has 0 aliphatic carbocycles. The van der Waals surface area contributed by atoms with Gasteiger partial charge in [0.15, 0.2) is 0 Å². The van der Waals surface area contributed by atoms with Crippen molar-refractivity contribution in [3.63, 3.8) is 0 Å². The molecule has 4 rings (SSSR count). The number of rotatable bonds is 1. The number of nitrogens with one attached hydrogen (secondary N) is 1. The largest absolute Gasteiger partial charge is 0.349 e. The number of hydrogen-bond donors (Lipinski definition) is 1. The molecule has 1 aliphatic rings. The zero-order valence-electron chi connectivity index (χ0n) is 11.5. The van der Waals surface area contributed by atoms with E-state index in [9.17, 15) is 0 Å². The molecule has 0 saturated carbocycles. The van der Waals surface area contributed by atoms with E-state index in [1.165, 1.54) is 11.1 Å². The molecule has 20 heavy (non-hydrogen) atoms. The van der Waals surface area contributed by atoms with Crippen LogP contribution in [0.2, 0.25) is 0 Å². The molecule has 1 aromatic heterocycles. The molecule has 0 amide bonds. The highest BCUT2D eigenvalue weighted by Gasteiger charge is 2.26. The van der Waals surface area contributed by atoms with Gasteiger partial charge in [0.2, 0.25) is 5.95 Å². The molecule has 0 spiro atoms. The van der Waals surface area contributed by atoms with Gasteiger partial charge in [-0.25, -0.2) is 4.98 Å². The van der Waals surface area contributed by atoms with Crippen molar-refractivity contribution in [3.05, 3.63) is 60.2 Å². The zero-order chi connectivity index (χ0) is 13.5. The van der Waals surface area contributed by atoms with Gasteiger partial charge in [0.05, 0.1) is 17.1 Å². The van der Waals surface area contributed by atoms with Crippen LogP contribution in [0.4, 0.5) is 5.95 Å². The van der Waals surface area contributed by atoms with Gasteiger partial charge in [-0.1, -0.05) is 42.5 Å². The molecule has 0 fully saturated rings. The molecule has 0 unspecified atom stereocenters. The van der Waals surface area contributed by atoms with Crippen LogP contribution in [-0.4, -0.2) is 9.55 Å². The van der Waals surface area contributed by atoms with E-state index in [-0.39, 0.29) is 0 Å². The first kappa shape index (κ1) is 11.5. The summed E-state index contributed by atoms with van der Waals surface area (Å²) in [6, 6.07) is 19.8. The van der Waals surface area contributed by atoms with Gasteiger partial charge < -0.3 is 9.88 Å². The lowest BCUT2D eigenvalue weighted by molar-refractivity contribution is 0.451. The van der Waals surface area contributed by atoms with Crippen LogP contribution < -0.4 is 5.32 Å². The van der Waals surface area contributed by atoms with Gasteiger partial charge >= 0.3 is 0 Å². The van der Waals surface area contributed by atoms with Gasteiger partial charge in [-0.2, -0.15) is 0 Å². The maximum atomic E-state index is 4.73. The third kappa shape index (κ3) is 1.70. The van der Waals surface area contributed by atoms with E-state index >= 15 is 0 Å². The summed E-state index contributed by atoms with van der Waals surface area (Å²) in [7, 11) is 0. The van der Waals surface area contributed by atoms with E-state index in [0.717, 1.165) is 17.9 Å². The third-order valence-corrected chi connectivity index (χ3v) is 4.12. The van der Waals surface area contributed by atoms with Gasteiger partial charge in [0, 0.05) is 6.04 Å². The number of anilines is 1. The lowest BCUT2D eigenvalue weighted by Crippen LogP contribution is -2.25. The van der Waals surface area contributed by atoms with Crippen molar-refractivity contribution < 1.29 is 0 Å². The van der Waals surface area contributed by atoms with Crippen LogP contribution in [0.1, 0.15) is 31.0 Å². The first-order valence-electron chi connectivity index (χ1n) is 7.11. The van der Waals surface area contributed by atoms with Crippen LogP contribution >= 0.6 is 0 Å². The minimum absolute atomic E-state index is 0.343. The van der Waals surface area contributed by atoms with Gasteiger partial charge in [-0.15, -0.1) is 0 Å². The maximum absolute atomic E-state index is 4.73. The molecular formula is C17H17N3. The molecule has 3 heteroatoms. The van der Waals surface area contributed by atoms with Crippen LogP contribution in [0.25, 0.3) is 11.0 Å². The van der Waals surface area contributed by atoms with E-state index in [1.54, 1.807) is 0 Å². The number of benzene rings is 2. The number of nitrogens with zero attached hydrogens (tertiary/aromatic N) is 2. The average Bonchev–Trinajstić information content (AvgIpc) is 2.87. The van der Waals surface area contributed by atoms with Crippen LogP contribution in [-0.2, 0) is 0 Å². The molecule has 1 aliphatic heterocycles. The molecule has 3 nitrogen and oxygen atoms in total. The van der Waals surface area contributed by atoms with Crippen molar-refractivity contribution in [2.45, 2.75) is 25.4 Å². The summed E-state index contributed by atoms with van der Waals surface area (Å²) in [4.78, 5) is 4.73. The van der Waals surface area contributed by atoms with Crippen molar-refractivity contribution >= 4 is 17.0 Å². The first-order valence-corrected chi connectivity index (χ1v) is 7.11. The second-order valence-corrected chi connectivity index (χ2v) is 5.49. The van der Waals surface area contributed by atoms with Gasteiger partial charge in [-0.05, 0) is 31.0 Å². The number of fused-ring (bicyclic) bond motifs is 3. The summed E-state index contributed by atoms with van der Waals surface area (Å²) < 4.78 is 2.31. The van der Waals surface area contributed by atoms with Gasteiger partial charge in [-0.3, -0.25) is 0 Å². The predicted molar refractivity (Wildman–Crippen MR) is 81.9 cm³/mol. The summed E-state index contributed by atoms with van der Waals surface area (Å²) in [5.41, 5.74) is 3.61. The second kappa shape index (κ2) is 4.37. The third-order valence-electron chi connectivity index (χ3n) is 4.12. The second-order valence-electron chi connectivity index (χ2n) is 5.49. The monoisotopic (exact) mass is 263 g/mol. The van der Waals surface area contributed by atoms with Crippen LogP contribution in [0, 0.1) is 0 Å². The molecule has 0 bridgehead atoms. The molecule has 0 radical (unpaired) electrons. The topological polar surface area (TPSA) is 29.9 Å². The van der Waals surface area contributed by atoms with Crippen molar-refractivity contribution in [1.82, 2.24) is 9.55 Å². The maximum Gasteiger partial charge on any atom is 0.204 e. The molecule has 2 atom stereocenters. The standard InChI is InChI=1S/C17H17N3/c1-12-11-15(13-7-3-2-4-8-13)19-17-18-14-9-5-6-10-16(14)20(12)17/h2-10,12,15H,11H2,1H3,(H,18,19)/t12-,15-/m0/s1.